The number of pyridine rings is 1. The second kappa shape index (κ2) is 8.94. The van der Waals surface area contributed by atoms with Crippen LogP contribution in [-0.2, 0) is 15.0 Å². The number of amides is 1. The quantitative estimate of drug-likeness (QED) is 0.313. The number of aromatic nitrogens is 1. The standard InChI is InChI=1S/C27H24F2N2O4/c1-27(2,3)15-8-11-21(35-4)17(13-15)24(32)22-23(19-7-5-6-12-30-19)31(26(34)25(22)33)20-14-16(28)9-10-18(20)29/h5-14,23,32H,1-4H3/b24-22+. The Morgan fingerprint density at radius 3 is 2.43 bits per heavy atom. The van der Waals surface area contributed by atoms with E-state index in [9.17, 15) is 23.5 Å². The van der Waals surface area contributed by atoms with Gasteiger partial charge in [-0.3, -0.25) is 19.5 Å². The Balaban J connectivity index is 2.02. The number of halogens is 2. The first kappa shape index (κ1) is 24.1. The highest BCUT2D eigenvalue weighted by molar-refractivity contribution is 6.51. The number of ether oxygens (including phenoxy) is 1. The molecule has 1 fully saturated rings. The van der Waals surface area contributed by atoms with Crippen LogP contribution in [0.5, 0.6) is 5.75 Å². The predicted molar refractivity (Wildman–Crippen MR) is 127 cm³/mol. The number of carbonyl (C=O) groups is 2. The fourth-order valence-corrected chi connectivity index (χ4v) is 4.07. The molecule has 35 heavy (non-hydrogen) atoms. The Morgan fingerprint density at radius 1 is 1.06 bits per heavy atom. The minimum atomic E-state index is -1.30. The largest absolute Gasteiger partial charge is 0.507 e. The van der Waals surface area contributed by atoms with Crippen molar-refractivity contribution < 1.29 is 28.2 Å². The second-order valence-corrected chi connectivity index (χ2v) is 9.18. The summed E-state index contributed by atoms with van der Waals surface area (Å²) in [4.78, 5) is 31.5. The molecule has 1 aliphatic rings. The molecule has 0 aliphatic carbocycles. The summed E-state index contributed by atoms with van der Waals surface area (Å²) >= 11 is 0. The van der Waals surface area contributed by atoms with E-state index in [1.165, 1.54) is 19.4 Å². The molecule has 6 nitrogen and oxygen atoms in total. The monoisotopic (exact) mass is 478 g/mol. The van der Waals surface area contributed by atoms with E-state index in [4.69, 9.17) is 4.74 Å². The number of anilines is 1. The van der Waals surface area contributed by atoms with Gasteiger partial charge in [-0.05, 0) is 47.4 Å². The molecule has 4 rings (SSSR count). The summed E-state index contributed by atoms with van der Waals surface area (Å²) in [5.74, 6) is -4.08. The van der Waals surface area contributed by atoms with Crippen LogP contribution in [0.25, 0.3) is 5.76 Å². The topological polar surface area (TPSA) is 79.7 Å². The van der Waals surface area contributed by atoms with Gasteiger partial charge in [0.2, 0.25) is 0 Å². The maximum atomic E-state index is 14.8. The minimum Gasteiger partial charge on any atom is -0.507 e. The fraction of sp³-hybridized carbons (Fsp3) is 0.222. The van der Waals surface area contributed by atoms with Crippen molar-refractivity contribution in [1.29, 1.82) is 0 Å². The van der Waals surface area contributed by atoms with Crippen molar-refractivity contribution in [2.45, 2.75) is 32.2 Å². The molecule has 0 radical (unpaired) electrons. The van der Waals surface area contributed by atoms with Crippen LogP contribution in [0.2, 0.25) is 0 Å². The molecule has 1 saturated heterocycles. The highest BCUT2D eigenvalue weighted by Gasteiger charge is 2.48. The first-order chi connectivity index (χ1) is 16.5. The number of nitrogens with zero attached hydrogens (tertiary/aromatic N) is 2. The number of hydrogen-bond acceptors (Lipinski definition) is 5. The zero-order valence-corrected chi connectivity index (χ0v) is 19.7. The zero-order chi connectivity index (χ0) is 25.5. The molecule has 1 amide bonds. The summed E-state index contributed by atoms with van der Waals surface area (Å²) in [7, 11) is 1.42. The molecule has 0 spiro atoms. The number of carbonyl (C=O) groups excluding carboxylic acids is 2. The van der Waals surface area contributed by atoms with Crippen LogP contribution < -0.4 is 9.64 Å². The summed E-state index contributed by atoms with van der Waals surface area (Å²) in [6.07, 6.45) is 1.44. The van der Waals surface area contributed by atoms with Crippen LogP contribution in [0, 0.1) is 11.6 Å². The van der Waals surface area contributed by atoms with E-state index in [-0.39, 0.29) is 28.0 Å². The number of aliphatic hydroxyl groups is 1. The molecule has 180 valence electrons. The molecule has 2 heterocycles. The number of ketones is 1. The maximum Gasteiger partial charge on any atom is 0.300 e. The van der Waals surface area contributed by atoms with Gasteiger partial charge in [0.15, 0.2) is 0 Å². The second-order valence-electron chi connectivity index (χ2n) is 9.18. The number of Topliss-reactive ketones (excluding diaryl/α,β-unsaturated/α-hetero) is 1. The van der Waals surface area contributed by atoms with Gasteiger partial charge in [0.1, 0.15) is 29.2 Å². The van der Waals surface area contributed by atoms with Crippen molar-refractivity contribution >= 4 is 23.1 Å². The molecule has 3 aromatic rings. The summed E-state index contributed by atoms with van der Waals surface area (Å²) in [6, 6.07) is 11.3. The molecular weight excluding hydrogens is 454 g/mol. The van der Waals surface area contributed by atoms with Crippen LogP contribution in [0.4, 0.5) is 14.5 Å². The Morgan fingerprint density at radius 2 is 1.80 bits per heavy atom. The Hall–Kier alpha value is -4.07. The third-order valence-corrected chi connectivity index (χ3v) is 5.90. The summed E-state index contributed by atoms with van der Waals surface area (Å²) in [6.45, 7) is 5.95. The van der Waals surface area contributed by atoms with Gasteiger partial charge in [0, 0.05) is 12.3 Å². The molecule has 1 unspecified atom stereocenters. The lowest BCUT2D eigenvalue weighted by Gasteiger charge is -2.25. The average Bonchev–Trinajstić information content (AvgIpc) is 3.10. The number of hydrogen-bond donors (Lipinski definition) is 1. The molecule has 8 heteroatoms. The van der Waals surface area contributed by atoms with E-state index in [1.54, 1.807) is 24.3 Å². The van der Waals surface area contributed by atoms with E-state index < -0.39 is 40.8 Å². The third-order valence-electron chi connectivity index (χ3n) is 5.90. The van der Waals surface area contributed by atoms with Gasteiger partial charge < -0.3 is 9.84 Å². The van der Waals surface area contributed by atoms with Crippen LogP contribution in [0.15, 0.2) is 66.4 Å². The van der Waals surface area contributed by atoms with E-state index in [1.807, 2.05) is 26.8 Å². The third kappa shape index (κ3) is 4.27. The maximum absolute atomic E-state index is 14.8. The smallest absolute Gasteiger partial charge is 0.300 e. The average molecular weight is 478 g/mol. The molecule has 0 saturated carbocycles. The van der Waals surface area contributed by atoms with E-state index in [2.05, 4.69) is 4.98 Å². The molecule has 0 bridgehead atoms. The number of rotatable bonds is 4. The summed E-state index contributed by atoms with van der Waals surface area (Å²) < 4.78 is 34.2. The van der Waals surface area contributed by atoms with Gasteiger partial charge in [-0.15, -0.1) is 0 Å². The van der Waals surface area contributed by atoms with Gasteiger partial charge in [-0.1, -0.05) is 32.9 Å². The van der Waals surface area contributed by atoms with Crippen molar-refractivity contribution in [3.63, 3.8) is 0 Å². The van der Waals surface area contributed by atoms with Gasteiger partial charge >= 0.3 is 0 Å². The van der Waals surface area contributed by atoms with Crippen molar-refractivity contribution in [2.24, 2.45) is 0 Å². The van der Waals surface area contributed by atoms with E-state index in [0.29, 0.717) is 0 Å². The van der Waals surface area contributed by atoms with Gasteiger partial charge in [-0.25, -0.2) is 8.78 Å². The van der Waals surface area contributed by atoms with Gasteiger partial charge in [0.25, 0.3) is 11.7 Å². The first-order valence-electron chi connectivity index (χ1n) is 10.9. The molecule has 1 aliphatic heterocycles. The highest BCUT2D eigenvalue weighted by Crippen LogP contribution is 2.44. The molecule has 1 atom stereocenters. The Kier molecular flexibility index (Phi) is 6.15. The number of benzene rings is 2. The molecule has 1 N–H and O–H groups in total. The zero-order valence-electron chi connectivity index (χ0n) is 19.7. The van der Waals surface area contributed by atoms with E-state index in [0.717, 1.165) is 28.7 Å². The first-order valence-corrected chi connectivity index (χ1v) is 10.9. The lowest BCUT2D eigenvalue weighted by atomic mass is 9.85. The highest BCUT2D eigenvalue weighted by atomic mass is 19.1. The van der Waals surface area contributed by atoms with Gasteiger partial charge in [-0.2, -0.15) is 0 Å². The molecular formula is C27H24F2N2O4. The minimum absolute atomic E-state index is 0.193. The fourth-order valence-electron chi connectivity index (χ4n) is 4.07. The summed E-state index contributed by atoms with van der Waals surface area (Å²) in [5, 5.41) is 11.4. The van der Waals surface area contributed by atoms with Crippen LogP contribution in [-0.4, -0.2) is 28.9 Å². The van der Waals surface area contributed by atoms with Crippen molar-refractivity contribution in [1.82, 2.24) is 4.98 Å². The Labute approximate surface area is 201 Å². The van der Waals surface area contributed by atoms with Crippen LogP contribution >= 0.6 is 0 Å². The van der Waals surface area contributed by atoms with Crippen molar-refractivity contribution in [3.05, 3.63) is 94.8 Å². The predicted octanol–water partition coefficient (Wildman–Crippen LogP) is 5.29. The molecule has 1 aromatic heterocycles. The summed E-state index contributed by atoms with van der Waals surface area (Å²) in [5.41, 5.74) is 0.207. The van der Waals surface area contributed by atoms with Crippen LogP contribution in [0.1, 0.15) is 43.6 Å². The van der Waals surface area contributed by atoms with Crippen LogP contribution in [0.3, 0.4) is 0 Å². The Bertz CT molecular complexity index is 1350. The lowest BCUT2D eigenvalue weighted by molar-refractivity contribution is -0.132. The SMILES string of the molecule is COc1ccc(C(C)(C)C)cc1/C(O)=C1\C(=O)C(=O)N(c2cc(F)ccc2F)C1c1ccccn1. The lowest BCUT2D eigenvalue weighted by Crippen LogP contribution is -2.30. The van der Waals surface area contributed by atoms with Crippen molar-refractivity contribution in [2.75, 3.05) is 12.0 Å². The molecule has 2 aromatic carbocycles. The number of methoxy groups -OCH3 is 1. The van der Waals surface area contributed by atoms with E-state index >= 15 is 0 Å². The number of aliphatic hydroxyl groups excluding tert-OH is 1. The van der Waals surface area contributed by atoms with Gasteiger partial charge in [0.05, 0.1) is 29.6 Å². The van der Waals surface area contributed by atoms with Crippen molar-refractivity contribution in [3.8, 4) is 5.75 Å². The normalized spacial score (nSPS) is 17.7.